The maximum absolute atomic E-state index is 14.4. The van der Waals surface area contributed by atoms with Crippen LogP contribution >= 0.6 is 0 Å². The second kappa shape index (κ2) is 12.3. The van der Waals surface area contributed by atoms with Gasteiger partial charge in [0.15, 0.2) is 0 Å². The number of imidazole rings is 1. The average molecular weight is 599 g/mol. The van der Waals surface area contributed by atoms with Gasteiger partial charge in [-0.05, 0) is 67.5 Å². The van der Waals surface area contributed by atoms with E-state index in [1.165, 1.54) is 16.8 Å². The van der Waals surface area contributed by atoms with E-state index in [9.17, 15) is 18.0 Å². The number of methoxy groups -OCH3 is 1. The van der Waals surface area contributed by atoms with Crippen LogP contribution in [0.15, 0.2) is 53.8 Å². The van der Waals surface area contributed by atoms with Crippen molar-refractivity contribution in [3.05, 3.63) is 82.1 Å². The zero-order valence-electron chi connectivity index (χ0n) is 24.5. The van der Waals surface area contributed by atoms with Crippen LogP contribution in [-0.2, 0) is 29.2 Å². The second-order valence-corrected chi connectivity index (χ2v) is 11.7. The fraction of sp³-hybridized carbons (Fsp3) is 0.516. The molecule has 2 fully saturated rings. The molecular weight excluding hydrogens is 561 g/mol. The van der Waals surface area contributed by atoms with Crippen molar-refractivity contribution < 1.29 is 22.6 Å². The van der Waals surface area contributed by atoms with E-state index in [-0.39, 0.29) is 24.1 Å². The van der Waals surface area contributed by atoms with E-state index < -0.39 is 17.4 Å². The first-order valence-electron chi connectivity index (χ1n) is 14.8. The van der Waals surface area contributed by atoms with Gasteiger partial charge in [0.05, 0.1) is 36.1 Å². The first-order chi connectivity index (χ1) is 20.7. The zero-order chi connectivity index (χ0) is 30.1. The van der Waals surface area contributed by atoms with Crippen LogP contribution in [0.2, 0.25) is 0 Å². The Labute approximate surface area is 247 Å². The van der Waals surface area contributed by atoms with E-state index in [1.54, 1.807) is 25.7 Å². The monoisotopic (exact) mass is 598 g/mol. The maximum Gasteiger partial charge on any atom is 0.418 e. The molecule has 2 atom stereocenters. The number of benzene rings is 1. The number of hydrogen-bond donors (Lipinski definition) is 0. The van der Waals surface area contributed by atoms with E-state index in [2.05, 4.69) is 15.1 Å². The third-order valence-corrected chi connectivity index (χ3v) is 8.79. The van der Waals surface area contributed by atoms with Crippen molar-refractivity contribution in [1.82, 2.24) is 28.6 Å². The van der Waals surface area contributed by atoms with E-state index in [0.717, 1.165) is 54.4 Å². The van der Waals surface area contributed by atoms with Crippen molar-refractivity contribution >= 4 is 5.52 Å². The Morgan fingerprint density at radius 3 is 2.63 bits per heavy atom. The van der Waals surface area contributed by atoms with Crippen LogP contribution < -0.4 is 5.69 Å². The molecule has 6 rings (SSSR count). The number of likely N-dealkylation sites (tertiary alicyclic amines) is 1. The third-order valence-electron chi connectivity index (χ3n) is 8.79. The quantitative estimate of drug-likeness (QED) is 0.244. The molecule has 9 nitrogen and oxygen atoms in total. The van der Waals surface area contributed by atoms with Gasteiger partial charge < -0.3 is 14.0 Å². The minimum absolute atomic E-state index is 0.00360. The lowest BCUT2D eigenvalue weighted by Crippen LogP contribution is -2.39. The molecule has 1 saturated carbocycles. The van der Waals surface area contributed by atoms with E-state index in [0.29, 0.717) is 36.9 Å². The summed E-state index contributed by atoms with van der Waals surface area (Å²) in [4.78, 5) is 15.8. The van der Waals surface area contributed by atoms with Crippen molar-refractivity contribution in [2.24, 2.45) is 13.0 Å². The lowest BCUT2D eigenvalue weighted by molar-refractivity contribution is -0.136. The van der Waals surface area contributed by atoms with Gasteiger partial charge in [0.25, 0.3) is 0 Å². The van der Waals surface area contributed by atoms with Gasteiger partial charge in [-0.1, -0.05) is 18.6 Å². The Hall–Kier alpha value is -3.48. The van der Waals surface area contributed by atoms with Gasteiger partial charge in [0.1, 0.15) is 12.2 Å². The number of hydrogen-bond acceptors (Lipinski definition) is 6. The number of piperidine rings is 1. The summed E-state index contributed by atoms with van der Waals surface area (Å²) in [6.45, 7) is 2.62. The molecular formula is C31H37F3N6O3. The fourth-order valence-electron chi connectivity index (χ4n) is 6.44. The molecule has 12 heteroatoms. The van der Waals surface area contributed by atoms with E-state index in [1.807, 2.05) is 29.8 Å². The van der Waals surface area contributed by atoms with Gasteiger partial charge in [-0.2, -0.15) is 13.2 Å². The molecule has 2 aliphatic rings. The zero-order valence-corrected chi connectivity index (χ0v) is 24.5. The Morgan fingerprint density at radius 1 is 1.09 bits per heavy atom. The third kappa shape index (κ3) is 6.13. The topological polar surface area (TPSA) is 78.8 Å². The maximum atomic E-state index is 14.4. The van der Waals surface area contributed by atoms with Gasteiger partial charge in [-0.15, -0.1) is 10.2 Å². The van der Waals surface area contributed by atoms with Gasteiger partial charge in [-0.25, -0.2) is 4.79 Å². The molecule has 0 amide bonds. The van der Waals surface area contributed by atoms with Crippen LogP contribution in [0.25, 0.3) is 11.2 Å². The summed E-state index contributed by atoms with van der Waals surface area (Å²) in [6.07, 6.45) is 4.93. The number of rotatable bonds is 10. The van der Waals surface area contributed by atoms with Gasteiger partial charge in [0, 0.05) is 45.6 Å². The first kappa shape index (κ1) is 29.6. The summed E-state index contributed by atoms with van der Waals surface area (Å²) >= 11 is 0. The summed E-state index contributed by atoms with van der Waals surface area (Å²) in [7, 11) is 3.52. The largest absolute Gasteiger partial charge is 0.418 e. The van der Waals surface area contributed by atoms with Crippen LogP contribution in [0.3, 0.4) is 0 Å². The number of fused-ring (bicyclic) bond motifs is 1. The minimum Gasteiger partial charge on any atom is -0.382 e. The molecule has 0 spiro atoms. The highest BCUT2D eigenvalue weighted by molar-refractivity contribution is 5.58. The SMILES string of the molecule is COCCOC1CCCN(Cc2cc(C(F)(F)F)c3cn(-c4cccc([C@H](c5nncn5C)C5CCC5)c4)c(=O)n3c2)C1. The molecule has 1 unspecified atom stereocenters. The molecule has 0 bridgehead atoms. The molecule has 0 radical (unpaired) electrons. The summed E-state index contributed by atoms with van der Waals surface area (Å²) in [5.41, 5.74) is 0.364. The summed E-state index contributed by atoms with van der Waals surface area (Å²) in [6, 6.07) is 8.66. The number of halogens is 3. The lowest BCUT2D eigenvalue weighted by Gasteiger charge is -2.33. The molecule has 1 aliphatic carbocycles. The second-order valence-electron chi connectivity index (χ2n) is 11.7. The number of ether oxygens (including phenoxy) is 2. The number of alkyl halides is 3. The van der Waals surface area contributed by atoms with Crippen LogP contribution in [0.4, 0.5) is 13.2 Å². The summed E-state index contributed by atoms with van der Waals surface area (Å²) in [5.74, 6) is 1.21. The smallest absolute Gasteiger partial charge is 0.382 e. The van der Waals surface area contributed by atoms with E-state index >= 15 is 0 Å². The molecule has 0 N–H and O–H groups in total. The summed E-state index contributed by atoms with van der Waals surface area (Å²) in [5, 5.41) is 8.44. The van der Waals surface area contributed by atoms with Crippen LogP contribution in [0.1, 0.15) is 60.5 Å². The molecule has 4 heterocycles. The highest BCUT2D eigenvalue weighted by Crippen LogP contribution is 2.43. The number of aromatic nitrogens is 5. The lowest BCUT2D eigenvalue weighted by atomic mass is 9.72. The molecule has 1 aromatic carbocycles. The Morgan fingerprint density at radius 2 is 1.93 bits per heavy atom. The Bertz CT molecular complexity index is 1620. The van der Waals surface area contributed by atoms with Crippen LogP contribution in [0, 0.1) is 5.92 Å². The Balaban J connectivity index is 1.34. The fourth-order valence-corrected chi connectivity index (χ4v) is 6.44. The normalized spacial score (nSPS) is 19.1. The van der Waals surface area contributed by atoms with Crippen molar-refractivity contribution in [3.8, 4) is 5.69 Å². The predicted molar refractivity (Wildman–Crippen MR) is 154 cm³/mol. The van der Waals surface area contributed by atoms with Crippen molar-refractivity contribution in [2.75, 3.05) is 33.4 Å². The summed E-state index contributed by atoms with van der Waals surface area (Å²) < 4.78 is 58.4. The number of aryl methyl sites for hydroxylation is 1. The van der Waals surface area contributed by atoms with Crippen LogP contribution in [-0.4, -0.2) is 68.1 Å². The van der Waals surface area contributed by atoms with Gasteiger partial charge in [0.2, 0.25) is 0 Å². The average Bonchev–Trinajstić information content (AvgIpc) is 3.52. The molecule has 230 valence electrons. The molecule has 4 aromatic rings. The molecule has 3 aromatic heterocycles. The molecule has 1 aliphatic heterocycles. The van der Waals surface area contributed by atoms with E-state index in [4.69, 9.17) is 9.47 Å². The molecule has 1 saturated heterocycles. The molecule has 43 heavy (non-hydrogen) atoms. The minimum atomic E-state index is -4.63. The standard InChI is InChI=1S/C31H37F3N6O3/c1-37-20-35-36-29(37)28(22-6-3-7-22)23-8-4-9-24(15-23)39-19-27-26(31(32,33)34)14-21(17-40(27)30(39)41)16-38-11-5-10-25(18-38)43-13-12-42-2/h4,8-9,14-15,17,19-20,22,25,28H,3,5-7,10-13,16,18H2,1-2H3/t25?,28-/m1/s1. The van der Waals surface area contributed by atoms with Crippen LogP contribution in [0.5, 0.6) is 0 Å². The van der Waals surface area contributed by atoms with Crippen molar-refractivity contribution in [3.63, 3.8) is 0 Å². The highest BCUT2D eigenvalue weighted by atomic mass is 19.4. The first-order valence-corrected chi connectivity index (χ1v) is 14.8. The Kier molecular flexibility index (Phi) is 8.43. The predicted octanol–water partition coefficient (Wildman–Crippen LogP) is 4.80. The van der Waals surface area contributed by atoms with Gasteiger partial charge in [-0.3, -0.25) is 13.9 Å². The van der Waals surface area contributed by atoms with Crippen molar-refractivity contribution in [2.45, 2.75) is 56.8 Å². The van der Waals surface area contributed by atoms with Crippen molar-refractivity contribution in [1.29, 1.82) is 0 Å². The van der Waals surface area contributed by atoms with Gasteiger partial charge >= 0.3 is 11.9 Å². The highest BCUT2D eigenvalue weighted by Gasteiger charge is 2.36. The number of pyridine rings is 1. The number of nitrogens with zero attached hydrogens (tertiary/aromatic N) is 6.